The van der Waals surface area contributed by atoms with Crippen LogP contribution in [0.1, 0.15) is 13.3 Å². The molecule has 0 aromatic rings. The first-order valence-corrected chi connectivity index (χ1v) is 6.52. The molecule has 1 aliphatic heterocycles. The van der Waals surface area contributed by atoms with Crippen molar-refractivity contribution in [3.05, 3.63) is 0 Å². The van der Waals surface area contributed by atoms with Gasteiger partial charge in [-0.15, -0.1) is 0 Å². The molecule has 0 aromatic carbocycles. The summed E-state index contributed by atoms with van der Waals surface area (Å²) in [6.07, 6.45) is 2.06. The van der Waals surface area contributed by atoms with Crippen LogP contribution in [0, 0.1) is 5.92 Å². The second-order valence-electron chi connectivity index (χ2n) is 3.57. The van der Waals surface area contributed by atoms with E-state index in [4.69, 9.17) is 0 Å². The van der Waals surface area contributed by atoms with Gasteiger partial charge in [-0.2, -0.15) is 0 Å². The molecule has 0 unspecified atom stereocenters. The fraction of sp³-hybridized carbons (Fsp3) is 0.875. The van der Waals surface area contributed by atoms with E-state index in [1.54, 1.807) is 0 Å². The largest absolute Gasteiger partial charge is 0.356 e. The van der Waals surface area contributed by atoms with Crippen molar-refractivity contribution in [2.24, 2.45) is 5.92 Å². The van der Waals surface area contributed by atoms with Gasteiger partial charge in [0.1, 0.15) is 0 Å². The number of rotatable bonds is 4. The number of sulfonamides is 1. The Labute approximate surface area is 84.5 Å². The summed E-state index contributed by atoms with van der Waals surface area (Å²) >= 11 is 0. The summed E-state index contributed by atoms with van der Waals surface area (Å²) in [5.41, 5.74) is 0. The van der Waals surface area contributed by atoms with Crippen LogP contribution in [0.3, 0.4) is 0 Å². The van der Waals surface area contributed by atoms with Gasteiger partial charge in [0, 0.05) is 19.6 Å². The second-order valence-corrected chi connectivity index (χ2v) is 5.55. The molecule has 0 spiro atoms. The van der Waals surface area contributed by atoms with Gasteiger partial charge in [-0.05, 0) is 6.42 Å². The van der Waals surface area contributed by atoms with E-state index in [1.165, 1.54) is 4.31 Å². The van der Waals surface area contributed by atoms with Crippen molar-refractivity contribution < 1.29 is 13.2 Å². The Morgan fingerprint density at radius 3 is 2.50 bits per heavy atom. The standard InChI is InChI=1S/C8H16N2O3S/c1-3-4-9-8(11)7-5-10(6-7)14(2,12)13/h7H,3-6H2,1-2H3,(H,9,11). The van der Waals surface area contributed by atoms with Crippen molar-refractivity contribution in [2.75, 3.05) is 25.9 Å². The number of hydrogen-bond acceptors (Lipinski definition) is 3. The van der Waals surface area contributed by atoms with Crippen molar-refractivity contribution in [1.29, 1.82) is 0 Å². The third-order valence-corrected chi connectivity index (χ3v) is 3.47. The highest BCUT2D eigenvalue weighted by Crippen LogP contribution is 2.18. The lowest BCUT2D eigenvalue weighted by molar-refractivity contribution is -0.128. The van der Waals surface area contributed by atoms with Gasteiger partial charge in [0.05, 0.1) is 12.2 Å². The average Bonchev–Trinajstić information content (AvgIpc) is 1.94. The van der Waals surface area contributed by atoms with Crippen LogP contribution in [0.5, 0.6) is 0 Å². The van der Waals surface area contributed by atoms with Crippen LogP contribution in [0.4, 0.5) is 0 Å². The number of nitrogens with zero attached hydrogens (tertiary/aromatic N) is 1. The number of amides is 1. The summed E-state index contributed by atoms with van der Waals surface area (Å²) in [5.74, 6) is -0.192. The monoisotopic (exact) mass is 220 g/mol. The molecular formula is C8H16N2O3S. The first-order chi connectivity index (χ1) is 6.45. The number of carbonyl (C=O) groups is 1. The summed E-state index contributed by atoms with van der Waals surface area (Å²) in [4.78, 5) is 11.3. The molecule has 0 aromatic heterocycles. The highest BCUT2D eigenvalue weighted by molar-refractivity contribution is 7.88. The fourth-order valence-corrected chi connectivity index (χ4v) is 2.17. The van der Waals surface area contributed by atoms with Crippen LogP contribution in [-0.2, 0) is 14.8 Å². The fourth-order valence-electron chi connectivity index (χ4n) is 1.27. The third kappa shape index (κ3) is 2.68. The highest BCUT2D eigenvalue weighted by atomic mass is 32.2. The Bertz CT molecular complexity index is 307. The van der Waals surface area contributed by atoms with Gasteiger partial charge >= 0.3 is 0 Å². The molecule has 6 heteroatoms. The average molecular weight is 220 g/mol. The Kier molecular flexibility index (Phi) is 3.49. The molecule has 1 saturated heterocycles. The molecule has 1 N–H and O–H groups in total. The maximum Gasteiger partial charge on any atom is 0.225 e. The molecule has 82 valence electrons. The van der Waals surface area contributed by atoms with E-state index in [9.17, 15) is 13.2 Å². The minimum absolute atomic E-state index is 0.0354. The lowest BCUT2D eigenvalue weighted by Crippen LogP contribution is -2.55. The van der Waals surface area contributed by atoms with Gasteiger partial charge in [0.25, 0.3) is 0 Å². The third-order valence-electron chi connectivity index (χ3n) is 2.24. The van der Waals surface area contributed by atoms with Crippen molar-refractivity contribution in [3.8, 4) is 0 Å². The van der Waals surface area contributed by atoms with Crippen molar-refractivity contribution >= 4 is 15.9 Å². The van der Waals surface area contributed by atoms with Crippen molar-refractivity contribution in [2.45, 2.75) is 13.3 Å². The van der Waals surface area contributed by atoms with Gasteiger partial charge in [0.15, 0.2) is 0 Å². The predicted molar refractivity (Wildman–Crippen MR) is 53.2 cm³/mol. The minimum Gasteiger partial charge on any atom is -0.356 e. The van der Waals surface area contributed by atoms with Crippen LogP contribution in [0.25, 0.3) is 0 Å². The lowest BCUT2D eigenvalue weighted by atomic mass is 10.0. The van der Waals surface area contributed by atoms with E-state index in [-0.39, 0.29) is 11.8 Å². The van der Waals surface area contributed by atoms with E-state index in [1.807, 2.05) is 6.92 Å². The SMILES string of the molecule is CCCNC(=O)C1CN(S(C)(=O)=O)C1. The summed E-state index contributed by atoms with van der Waals surface area (Å²) < 4.78 is 23.3. The topological polar surface area (TPSA) is 66.5 Å². The Morgan fingerprint density at radius 1 is 1.50 bits per heavy atom. The number of nitrogens with one attached hydrogen (secondary N) is 1. The summed E-state index contributed by atoms with van der Waals surface area (Å²) in [5, 5.41) is 2.75. The molecule has 0 aliphatic carbocycles. The van der Waals surface area contributed by atoms with E-state index >= 15 is 0 Å². The summed E-state index contributed by atoms with van der Waals surface area (Å²) in [6.45, 7) is 3.29. The minimum atomic E-state index is -3.10. The molecule has 1 amide bonds. The number of carbonyl (C=O) groups excluding carboxylic acids is 1. The predicted octanol–water partition coefficient (Wildman–Crippen LogP) is -0.596. The van der Waals surface area contributed by atoms with E-state index in [0.29, 0.717) is 19.6 Å². The Hall–Kier alpha value is -0.620. The van der Waals surface area contributed by atoms with Crippen LogP contribution >= 0.6 is 0 Å². The molecule has 0 atom stereocenters. The Morgan fingerprint density at radius 2 is 2.07 bits per heavy atom. The lowest BCUT2D eigenvalue weighted by Gasteiger charge is -2.35. The van der Waals surface area contributed by atoms with Gasteiger partial charge in [-0.3, -0.25) is 4.79 Å². The van der Waals surface area contributed by atoms with Crippen molar-refractivity contribution in [1.82, 2.24) is 9.62 Å². The molecule has 14 heavy (non-hydrogen) atoms. The molecule has 0 bridgehead atoms. The van der Waals surface area contributed by atoms with Gasteiger partial charge in [-0.1, -0.05) is 6.92 Å². The normalized spacial score (nSPS) is 19.0. The number of hydrogen-bond donors (Lipinski definition) is 1. The summed E-state index contributed by atoms with van der Waals surface area (Å²) in [6, 6.07) is 0. The molecule has 1 heterocycles. The molecule has 1 fully saturated rings. The van der Waals surface area contributed by atoms with Gasteiger partial charge in [-0.25, -0.2) is 12.7 Å². The maximum atomic E-state index is 11.3. The van der Waals surface area contributed by atoms with E-state index in [0.717, 1.165) is 12.7 Å². The van der Waals surface area contributed by atoms with Crippen LogP contribution in [-0.4, -0.2) is 44.5 Å². The van der Waals surface area contributed by atoms with E-state index in [2.05, 4.69) is 5.32 Å². The molecule has 1 rings (SSSR count). The van der Waals surface area contributed by atoms with Gasteiger partial charge in [0.2, 0.25) is 15.9 Å². The highest BCUT2D eigenvalue weighted by Gasteiger charge is 2.37. The Balaban J connectivity index is 2.31. The molecule has 0 saturated carbocycles. The van der Waals surface area contributed by atoms with E-state index < -0.39 is 10.0 Å². The smallest absolute Gasteiger partial charge is 0.225 e. The molecular weight excluding hydrogens is 204 g/mol. The molecule has 0 radical (unpaired) electrons. The quantitative estimate of drug-likeness (QED) is 0.688. The first-order valence-electron chi connectivity index (χ1n) is 4.68. The van der Waals surface area contributed by atoms with Crippen LogP contribution in [0.15, 0.2) is 0 Å². The van der Waals surface area contributed by atoms with Crippen molar-refractivity contribution in [3.63, 3.8) is 0 Å². The summed E-state index contributed by atoms with van der Waals surface area (Å²) in [7, 11) is -3.10. The molecule has 5 nitrogen and oxygen atoms in total. The zero-order valence-electron chi connectivity index (χ0n) is 8.49. The van der Waals surface area contributed by atoms with Gasteiger partial charge < -0.3 is 5.32 Å². The zero-order valence-corrected chi connectivity index (χ0v) is 9.30. The second kappa shape index (κ2) is 4.27. The van der Waals surface area contributed by atoms with Crippen LogP contribution in [0.2, 0.25) is 0 Å². The first kappa shape index (κ1) is 11.5. The molecule has 1 aliphatic rings. The maximum absolute atomic E-state index is 11.3. The zero-order chi connectivity index (χ0) is 10.8. The van der Waals surface area contributed by atoms with Crippen LogP contribution < -0.4 is 5.32 Å².